The van der Waals surface area contributed by atoms with Crippen LogP contribution in [0.3, 0.4) is 0 Å². The van der Waals surface area contributed by atoms with Gasteiger partial charge in [0.25, 0.3) is 0 Å². The molecule has 68 valence electrons. The monoisotopic (exact) mass is 170 g/mol. The highest BCUT2D eigenvalue weighted by Crippen LogP contribution is 2.20. The second-order valence-electron chi connectivity index (χ2n) is 3.33. The molecule has 4 nitrogen and oxygen atoms in total. The number of hydrogen-bond donors (Lipinski definition) is 0. The average Bonchev–Trinajstić information content (AvgIpc) is 2.09. The lowest BCUT2D eigenvalue weighted by atomic mass is 9.88. The van der Waals surface area contributed by atoms with E-state index in [1.165, 1.54) is 5.01 Å². The standard InChI is InChI=1S/C8H14N2O2/c1-10(9-12)6-7-4-2-3-5-8(7)11/h7H,2-6H2,1H3. The van der Waals surface area contributed by atoms with Crippen molar-refractivity contribution in [3.05, 3.63) is 4.91 Å². The highest BCUT2D eigenvalue weighted by atomic mass is 16.3. The lowest BCUT2D eigenvalue weighted by Crippen LogP contribution is -2.29. The van der Waals surface area contributed by atoms with E-state index in [0.717, 1.165) is 19.3 Å². The molecule has 0 aromatic rings. The topological polar surface area (TPSA) is 49.7 Å². The van der Waals surface area contributed by atoms with Gasteiger partial charge in [-0.15, -0.1) is 4.91 Å². The van der Waals surface area contributed by atoms with Crippen LogP contribution in [0, 0.1) is 10.8 Å². The van der Waals surface area contributed by atoms with Gasteiger partial charge in [0.15, 0.2) is 0 Å². The molecule has 0 saturated heterocycles. The molecule has 0 aromatic carbocycles. The van der Waals surface area contributed by atoms with E-state index in [2.05, 4.69) is 5.29 Å². The molecule has 1 atom stereocenters. The average molecular weight is 170 g/mol. The first-order valence-corrected chi connectivity index (χ1v) is 4.31. The highest BCUT2D eigenvalue weighted by molar-refractivity contribution is 5.81. The van der Waals surface area contributed by atoms with Gasteiger partial charge in [0.05, 0.1) is 5.29 Å². The van der Waals surface area contributed by atoms with Gasteiger partial charge in [0.1, 0.15) is 5.78 Å². The number of hydrogen-bond acceptors (Lipinski definition) is 3. The fraction of sp³-hybridized carbons (Fsp3) is 0.875. The van der Waals surface area contributed by atoms with Gasteiger partial charge >= 0.3 is 0 Å². The number of ketones is 1. The third-order valence-electron chi connectivity index (χ3n) is 2.31. The van der Waals surface area contributed by atoms with Crippen molar-refractivity contribution in [2.24, 2.45) is 11.2 Å². The Morgan fingerprint density at radius 1 is 1.58 bits per heavy atom. The summed E-state index contributed by atoms with van der Waals surface area (Å²) in [6.45, 7) is 0.488. The van der Waals surface area contributed by atoms with Gasteiger partial charge in [-0.25, -0.2) is 0 Å². The summed E-state index contributed by atoms with van der Waals surface area (Å²) < 4.78 is 0. The molecule has 1 saturated carbocycles. The Kier molecular flexibility index (Phi) is 3.19. The maximum absolute atomic E-state index is 11.3. The summed E-state index contributed by atoms with van der Waals surface area (Å²) in [5.41, 5.74) is 0. The molecule has 1 fully saturated rings. The molecular weight excluding hydrogens is 156 g/mol. The van der Waals surface area contributed by atoms with Crippen molar-refractivity contribution in [3.63, 3.8) is 0 Å². The summed E-state index contributed by atoms with van der Waals surface area (Å²) in [6.07, 6.45) is 3.70. The Hall–Kier alpha value is -0.930. The van der Waals surface area contributed by atoms with Crippen molar-refractivity contribution in [2.75, 3.05) is 13.6 Å². The molecule has 12 heavy (non-hydrogen) atoms. The van der Waals surface area contributed by atoms with E-state index >= 15 is 0 Å². The molecule has 0 radical (unpaired) electrons. The summed E-state index contributed by atoms with van der Waals surface area (Å²) in [5.74, 6) is 0.332. The van der Waals surface area contributed by atoms with Gasteiger partial charge in [-0.05, 0) is 12.8 Å². The number of rotatable bonds is 3. The fourth-order valence-corrected chi connectivity index (χ4v) is 1.60. The van der Waals surface area contributed by atoms with E-state index in [9.17, 15) is 9.70 Å². The van der Waals surface area contributed by atoms with E-state index in [0.29, 0.717) is 13.0 Å². The third kappa shape index (κ3) is 2.29. The Morgan fingerprint density at radius 2 is 2.33 bits per heavy atom. The van der Waals surface area contributed by atoms with Gasteiger partial charge in [-0.2, -0.15) is 0 Å². The normalized spacial score (nSPS) is 23.8. The predicted molar refractivity (Wildman–Crippen MR) is 45.4 cm³/mol. The van der Waals surface area contributed by atoms with Gasteiger partial charge in [-0.1, -0.05) is 6.42 Å². The van der Waals surface area contributed by atoms with Gasteiger partial charge < -0.3 is 0 Å². The Morgan fingerprint density at radius 3 is 2.92 bits per heavy atom. The number of Topliss-reactive ketones (excluding diaryl/α,β-unsaturated/α-hetero) is 1. The van der Waals surface area contributed by atoms with Crippen molar-refractivity contribution in [1.82, 2.24) is 5.01 Å². The molecule has 1 unspecified atom stereocenters. The predicted octanol–water partition coefficient (Wildman–Crippen LogP) is 1.36. The van der Waals surface area contributed by atoms with Crippen molar-refractivity contribution in [1.29, 1.82) is 0 Å². The lowest BCUT2D eigenvalue weighted by Gasteiger charge is -2.22. The third-order valence-corrected chi connectivity index (χ3v) is 2.31. The fourth-order valence-electron chi connectivity index (χ4n) is 1.60. The molecule has 0 N–H and O–H groups in total. The molecule has 0 aliphatic heterocycles. The van der Waals surface area contributed by atoms with Crippen LogP contribution in [0.25, 0.3) is 0 Å². The summed E-state index contributed by atoms with van der Waals surface area (Å²) in [7, 11) is 1.61. The first kappa shape index (κ1) is 9.16. The van der Waals surface area contributed by atoms with Crippen LogP contribution in [0.15, 0.2) is 5.29 Å². The summed E-state index contributed by atoms with van der Waals surface area (Å²) in [4.78, 5) is 21.3. The lowest BCUT2D eigenvalue weighted by molar-refractivity contribution is -0.125. The van der Waals surface area contributed by atoms with E-state index in [1.54, 1.807) is 7.05 Å². The summed E-state index contributed by atoms with van der Waals surface area (Å²) >= 11 is 0. The molecule has 0 amide bonds. The second kappa shape index (κ2) is 4.18. The smallest absolute Gasteiger partial charge is 0.137 e. The Labute approximate surface area is 71.9 Å². The minimum atomic E-state index is 0.0430. The van der Waals surface area contributed by atoms with Crippen LogP contribution in [0.4, 0.5) is 0 Å². The van der Waals surface area contributed by atoms with Crippen LogP contribution in [0.1, 0.15) is 25.7 Å². The largest absolute Gasteiger partial charge is 0.299 e. The van der Waals surface area contributed by atoms with Crippen LogP contribution in [0.2, 0.25) is 0 Å². The molecule has 1 rings (SSSR count). The van der Waals surface area contributed by atoms with Gasteiger partial charge in [0, 0.05) is 25.9 Å². The summed E-state index contributed by atoms with van der Waals surface area (Å²) in [5, 5.41) is 4.05. The van der Waals surface area contributed by atoms with Crippen LogP contribution in [0.5, 0.6) is 0 Å². The molecule has 0 heterocycles. The van der Waals surface area contributed by atoms with E-state index in [1.807, 2.05) is 0 Å². The molecule has 4 heteroatoms. The molecular formula is C8H14N2O2. The molecule has 1 aliphatic carbocycles. The Bertz CT molecular complexity index is 182. The zero-order chi connectivity index (χ0) is 8.97. The molecule has 0 spiro atoms. The minimum absolute atomic E-state index is 0.0430. The SMILES string of the molecule is CN(CC1CCCCC1=O)N=O. The zero-order valence-corrected chi connectivity index (χ0v) is 7.32. The number of nitrogens with zero attached hydrogens (tertiary/aromatic N) is 2. The molecule has 0 bridgehead atoms. The van der Waals surface area contributed by atoms with E-state index in [-0.39, 0.29) is 11.7 Å². The number of nitroso groups, excluding NO2 is 1. The van der Waals surface area contributed by atoms with Gasteiger partial charge in [0.2, 0.25) is 0 Å². The van der Waals surface area contributed by atoms with Crippen molar-refractivity contribution in [2.45, 2.75) is 25.7 Å². The van der Waals surface area contributed by atoms with E-state index in [4.69, 9.17) is 0 Å². The van der Waals surface area contributed by atoms with E-state index < -0.39 is 0 Å². The van der Waals surface area contributed by atoms with Gasteiger partial charge in [-0.3, -0.25) is 9.80 Å². The number of carbonyl (C=O) groups excluding carboxylic acids is 1. The second-order valence-corrected chi connectivity index (χ2v) is 3.33. The maximum Gasteiger partial charge on any atom is 0.137 e. The molecule has 0 aromatic heterocycles. The first-order valence-electron chi connectivity index (χ1n) is 4.31. The van der Waals surface area contributed by atoms with Crippen molar-refractivity contribution in [3.8, 4) is 0 Å². The minimum Gasteiger partial charge on any atom is -0.299 e. The first-order chi connectivity index (χ1) is 5.74. The zero-order valence-electron chi connectivity index (χ0n) is 7.32. The van der Waals surface area contributed by atoms with Crippen molar-refractivity contribution >= 4 is 5.78 Å². The highest BCUT2D eigenvalue weighted by Gasteiger charge is 2.23. The summed E-state index contributed by atoms with van der Waals surface area (Å²) in [6, 6.07) is 0. The maximum atomic E-state index is 11.3. The quantitative estimate of drug-likeness (QED) is 0.474. The van der Waals surface area contributed by atoms with Crippen LogP contribution < -0.4 is 0 Å². The Balaban J connectivity index is 2.38. The number of carbonyl (C=O) groups is 1. The van der Waals surface area contributed by atoms with Crippen LogP contribution in [-0.4, -0.2) is 24.4 Å². The van der Waals surface area contributed by atoms with Crippen LogP contribution >= 0.6 is 0 Å². The van der Waals surface area contributed by atoms with Crippen molar-refractivity contribution < 1.29 is 4.79 Å². The molecule has 1 aliphatic rings. The van der Waals surface area contributed by atoms with Crippen LogP contribution in [-0.2, 0) is 4.79 Å².